The summed E-state index contributed by atoms with van der Waals surface area (Å²) in [5.41, 5.74) is 1.52. The number of nitrogens with one attached hydrogen (secondary N) is 2. The molecule has 0 saturated carbocycles. The fourth-order valence-electron chi connectivity index (χ4n) is 2.21. The van der Waals surface area contributed by atoms with Crippen LogP contribution < -0.4 is 15.4 Å². The van der Waals surface area contributed by atoms with E-state index >= 15 is 0 Å². The second-order valence-electron chi connectivity index (χ2n) is 7.01. The van der Waals surface area contributed by atoms with Gasteiger partial charge < -0.3 is 30.0 Å². The van der Waals surface area contributed by atoms with Crippen LogP contribution in [-0.2, 0) is 14.3 Å². The van der Waals surface area contributed by atoms with E-state index in [1.165, 1.54) is 13.2 Å². The molecule has 0 atom stereocenters. The standard InChI is InChI=1S/C20H30N2O6/c1-14-6-7-17(27-11-10-23)15(12-14)16(13-18(24)26-5)21-8-9-22-19(25)28-20(2,3)4/h6-7,12-13,21,23H,8-11H2,1-5H3,(H,22,25). The van der Waals surface area contributed by atoms with E-state index in [4.69, 9.17) is 19.3 Å². The smallest absolute Gasteiger partial charge is 0.407 e. The summed E-state index contributed by atoms with van der Waals surface area (Å²) in [5.74, 6) is -0.0142. The molecule has 0 aliphatic carbocycles. The van der Waals surface area contributed by atoms with Crippen LogP contribution in [0.15, 0.2) is 24.3 Å². The maximum atomic E-state index is 11.8. The number of esters is 1. The van der Waals surface area contributed by atoms with Gasteiger partial charge in [-0.05, 0) is 39.8 Å². The third kappa shape index (κ3) is 8.77. The summed E-state index contributed by atoms with van der Waals surface area (Å²) in [6, 6.07) is 5.50. The van der Waals surface area contributed by atoms with E-state index in [1.54, 1.807) is 26.8 Å². The molecule has 1 amide bonds. The van der Waals surface area contributed by atoms with Crippen molar-refractivity contribution < 1.29 is 28.9 Å². The Balaban J connectivity index is 2.88. The zero-order valence-electron chi connectivity index (χ0n) is 17.1. The first-order chi connectivity index (χ1) is 13.2. The van der Waals surface area contributed by atoms with Gasteiger partial charge in [-0.25, -0.2) is 9.59 Å². The average molecular weight is 394 g/mol. The topological polar surface area (TPSA) is 106 Å². The van der Waals surface area contributed by atoms with E-state index < -0.39 is 17.7 Å². The summed E-state index contributed by atoms with van der Waals surface area (Å²) in [6.07, 6.45) is 0.795. The number of methoxy groups -OCH3 is 1. The predicted molar refractivity (Wildman–Crippen MR) is 106 cm³/mol. The van der Waals surface area contributed by atoms with E-state index in [9.17, 15) is 9.59 Å². The SMILES string of the molecule is COC(=O)C=C(NCCNC(=O)OC(C)(C)C)c1cc(C)ccc1OCCO. The Labute approximate surface area is 165 Å². The minimum atomic E-state index is -0.575. The molecule has 0 spiro atoms. The summed E-state index contributed by atoms with van der Waals surface area (Å²) in [7, 11) is 1.29. The minimum absolute atomic E-state index is 0.127. The number of hydrogen-bond acceptors (Lipinski definition) is 7. The Morgan fingerprint density at radius 2 is 1.86 bits per heavy atom. The molecule has 0 unspecified atom stereocenters. The summed E-state index contributed by atoms with van der Waals surface area (Å²) in [6.45, 7) is 7.90. The molecule has 0 heterocycles. The molecule has 156 valence electrons. The molecule has 0 aliphatic heterocycles. The zero-order valence-corrected chi connectivity index (χ0v) is 17.1. The molecule has 0 bridgehead atoms. The van der Waals surface area contributed by atoms with E-state index in [0.29, 0.717) is 23.6 Å². The van der Waals surface area contributed by atoms with Gasteiger partial charge in [-0.1, -0.05) is 11.6 Å². The Hall–Kier alpha value is -2.74. The van der Waals surface area contributed by atoms with E-state index in [1.807, 2.05) is 19.1 Å². The minimum Gasteiger partial charge on any atom is -0.490 e. The zero-order chi connectivity index (χ0) is 21.2. The first-order valence-corrected chi connectivity index (χ1v) is 9.01. The van der Waals surface area contributed by atoms with Gasteiger partial charge >= 0.3 is 12.1 Å². The van der Waals surface area contributed by atoms with Crippen molar-refractivity contribution in [3.63, 3.8) is 0 Å². The van der Waals surface area contributed by atoms with Crippen LogP contribution in [0, 0.1) is 6.92 Å². The third-order valence-electron chi connectivity index (χ3n) is 3.35. The molecule has 0 saturated heterocycles. The molecule has 8 nitrogen and oxygen atoms in total. The number of alkyl carbamates (subject to hydrolysis) is 1. The monoisotopic (exact) mass is 394 g/mol. The molecule has 1 aromatic rings. The average Bonchev–Trinajstić information content (AvgIpc) is 2.61. The Morgan fingerprint density at radius 3 is 2.46 bits per heavy atom. The molecule has 1 rings (SSSR count). The fourth-order valence-corrected chi connectivity index (χ4v) is 2.21. The number of amides is 1. The Bertz CT molecular complexity index is 694. The van der Waals surface area contributed by atoms with Crippen LogP contribution in [0.3, 0.4) is 0 Å². The first kappa shape index (κ1) is 23.3. The van der Waals surface area contributed by atoms with Crippen LogP contribution >= 0.6 is 0 Å². The van der Waals surface area contributed by atoms with E-state index in [-0.39, 0.29) is 19.8 Å². The molecule has 1 aromatic carbocycles. The van der Waals surface area contributed by atoms with Crippen molar-refractivity contribution in [2.45, 2.75) is 33.3 Å². The number of aryl methyl sites for hydroxylation is 1. The first-order valence-electron chi connectivity index (χ1n) is 9.01. The largest absolute Gasteiger partial charge is 0.490 e. The fraction of sp³-hybridized carbons (Fsp3) is 0.500. The lowest BCUT2D eigenvalue weighted by Crippen LogP contribution is -2.36. The lowest BCUT2D eigenvalue weighted by molar-refractivity contribution is -0.134. The number of carbonyl (C=O) groups excluding carboxylic acids is 2. The highest BCUT2D eigenvalue weighted by Gasteiger charge is 2.16. The second kappa shape index (κ2) is 11.2. The number of ether oxygens (including phenoxy) is 3. The summed E-state index contributed by atoms with van der Waals surface area (Å²) < 4.78 is 15.5. The quantitative estimate of drug-likeness (QED) is 0.334. The van der Waals surface area contributed by atoms with Crippen molar-refractivity contribution in [3.8, 4) is 5.75 Å². The van der Waals surface area contributed by atoms with Crippen LogP contribution in [0.1, 0.15) is 31.9 Å². The summed E-state index contributed by atoms with van der Waals surface area (Å²) in [4.78, 5) is 23.5. The summed E-state index contributed by atoms with van der Waals surface area (Å²) in [5, 5.41) is 14.8. The van der Waals surface area contributed by atoms with Crippen molar-refractivity contribution in [1.82, 2.24) is 10.6 Å². The highest BCUT2D eigenvalue weighted by atomic mass is 16.6. The van der Waals surface area contributed by atoms with E-state index in [0.717, 1.165) is 5.56 Å². The van der Waals surface area contributed by atoms with Gasteiger partial charge in [-0.2, -0.15) is 0 Å². The van der Waals surface area contributed by atoms with Crippen LogP contribution in [0.25, 0.3) is 5.70 Å². The maximum Gasteiger partial charge on any atom is 0.407 e. The van der Waals surface area contributed by atoms with Crippen LogP contribution in [-0.4, -0.2) is 56.2 Å². The summed E-state index contributed by atoms with van der Waals surface area (Å²) >= 11 is 0. The van der Waals surface area contributed by atoms with Gasteiger partial charge in [0.1, 0.15) is 18.0 Å². The van der Waals surface area contributed by atoms with Gasteiger partial charge in [0.25, 0.3) is 0 Å². The molecule has 8 heteroatoms. The number of carbonyl (C=O) groups is 2. The van der Waals surface area contributed by atoms with Gasteiger partial charge in [0.2, 0.25) is 0 Å². The van der Waals surface area contributed by atoms with Gasteiger partial charge in [-0.3, -0.25) is 0 Å². The normalized spacial score (nSPS) is 11.6. The molecular formula is C20H30N2O6. The van der Waals surface area contributed by atoms with E-state index in [2.05, 4.69) is 10.6 Å². The lowest BCUT2D eigenvalue weighted by atomic mass is 10.1. The molecule has 0 radical (unpaired) electrons. The third-order valence-corrected chi connectivity index (χ3v) is 3.35. The highest BCUT2D eigenvalue weighted by molar-refractivity contribution is 5.91. The number of aliphatic hydroxyl groups is 1. The lowest BCUT2D eigenvalue weighted by Gasteiger charge is -2.20. The number of rotatable bonds is 9. The molecule has 3 N–H and O–H groups in total. The molecule has 0 aromatic heterocycles. The van der Waals surface area contributed by atoms with Gasteiger partial charge in [0, 0.05) is 24.7 Å². The van der Waals surface area contributed by atoms with Crippen molar-refractivity contribution in [1.29, 1.82) is 0 Å². The van der Waals surface area contributed by atoms with Crippen LogP contribution in [0.2, 0.25) is 0 Å². The number of hydrogen-bond donors (Lipinski definition) is 3. The molecular weight excluding hydrogens is 364 g/mol. The molecule has 0 aliphatic rings. The number of aliphatic hydroxyl groups excluding tert-OH is 1. The Kier molecular flexibility index (Phi) is 9.31. The predicted octanol–water partition coefficient (Wildman–Crippen LogP) is 1.99. The molecule has 28 heavy (non-hydrogen) atoms. The van der Waals surface area contributed by atoms with Crippen molar-refractivity contribution >= 4 is 17.8 Å². The van der Waals surface area contributed by atoms with Crippen molar-refractivity contribution in [2.75, 3.05) is 33.4 Å². The Morgan fingerprint density at radius 1 is 1.18 bits per heavy atom. The van der Waals surface area contributed by atoms with Crippen LogP contribution in [0.4, 0.5) is 4.79 Å². The van der Waals surface area contributed by atoms with Crippen molar-refractivity contribution in [3.05, 3.63) is 35.4 Å². The second-order valence-corrected chi connectivity index (χ2v) is 7.01. The van der Waals surface area contributed by atoms with Gasteiger partial charge in [0.15, 0.2) is 0 Å². The van der Waals surface area contributed by atoms with Gasteiger partial charge in [0.05, 0.1) is 19.4 Å². The number of benzene rings is 1. The highest BCUT2D eigenvalue weighted by Crippen LogP contribution is 2.26. The maximum absolute atomic E-state index is 11.8. The van der Waals surface area contributed by atoms with Gasteiger partial charge in [-0.15, -0.1) is 0 Å². The molecule has 0 fully saturated rings. The van der Waals surface area contributed by atoms with Crippen LogP contribution in [0.5, 0.6) is 5.75 Å². The van der Waals surface area contributed by atoms with Crippen molar-refractivity contribution in [2.24, 2.45) is 0 Å².